The third kappa shape index (κ3) is 3.49. The number of rotatable bonds is 3. The predicted molar refractivity (Wildman–Crippen MR) is 120 cm³/mol. The molecule has 0 radical (unpaired) electrons. The first kappa shape index (κ1) is 20.4. The number of benzene rings is 1. The Hall–Kier alpha value is -2.54. The van der Waals surface area contributed by atoms with Gasteiger partial charge in [0.05, 0.1) is 11.1 Å². The third-order valence-corrected chi connectivity index (χ3v) is 7.83. The molecule has 6 rings (SSSR count). The summed E-state index contributed by atoms with van der Waals surface area (Å²) in [4.78, 5) is 18.1. The quantitative estimate of drug-likeness (QED) is 0.825. The molecule has 3 aliphatic carbocycles. The number of carbonyl (C=O) groups excluding carboxylic acids is 1. The van der Waals surface area contributed by atoms with Crippen LogP contribution in [0.4, 0.5) is 10.5 Å². The molecule has 7 heteroatoms. The van der Waals surface area contributed by atoms with Gasteiger partial charge in [-0.2, -0.15) is 5.10 Å². The molecular weight excluding hydrogens is 390 g/mol. The van der Waals surface area contributed by atoms with Crippen LogP contribution in [-0.4, -0.2) is 76.6 Å². The number of urea groups is 1. The summed E-state index contributed by atoms with van der Waals surface area (Å²) < 4.78 is 2.16. The van der Waals surface area contributed by atoms with E-state index in [0.29, 0.717) is 0 Å². The Morgan fingerprint density at radius 3 is 2.32 bits per heavy atom. The van der Waals surface area contributed by atoms with Gasteiger partial charge in [-0.25, -0.2) is 4.79 Å². The summed E-state index contributed by atoms with van der Waals surface area (Å²) >= 11 is 0. The summed E-state index contributed by atoms with van der Waals surface area (Å²) in [7, 11) is 3.61. The predicted octanol–water partition coefficient (Wildman–Crippen LogP) is 2.87. The molecule has 1 aromatic heterocycles. The first-order valence-corrected chi connectivity index (χ1v) is 11.4. The Morgan fingerprint density at radius 2 is 1.74 bits per heavy atom. The van der Waals surface area contributed by atoms with Crippen LogP contribution in [-0.2, 0) is 5.54 Å². The molecular formula is C24H33N5O2. The van der Waals surface area contributed by atoms with E-state index >= 15 is 0 Å². The van der Waals surface area contributed by atoms with Crippen molar-refractivity contribution >= 4 is 11.7 Å². The van der Waals surface area contributed by atoms with Crippen LogP contribution in [0.1, 0.15) is 43.6 Å². The number of amides is 2. The van der Waals surface area contributed by atoms with Crippen LogP contribution < -0.4 is 4.90 Å². The Kier molecular flexibility index (Phi) is 4.96. The van der Waals surface area contributed by atoms with E-state index in [4.69, 9.17) is 0 Å². The van der Waals surface area contributed by atoms with Gasteiger partial charge in [0.15, 0.2) is 0 Å². The number of nitrogens with zero attached hydrogens (tertiary/aromatic N) is 5. The van der Waals surface area contributed by atoms with Crippen molar-refractivity contribution in [1.29, 1.82) is 0 Å². The van der Waals surface area contributed by atoms with Gasteiger partial charge < -0.3 is 19.8 Å². The highest BCUT2D eigenvalue weighted by molar-refractivity contribution is 5.74. The first-order chi connectivity index (χ1) is 14.9. The van der Waals surface area contributed by atoms with Gasteiger partial charge in [-0.3, -0.25) is 4.68 Å². The molecule has 166 valence electrons. The summed E-state index contributed by atoms with van der Waals surface area (Å²) in [5, 5.41) is 15.7. The van der Waals surface area contributed by atoms with E-state index < -0.39 is 5.60 Å². The number of aromatic nitrogens is 2. The molecule has 1 aliphatic heterocycles. The third-order valence-electron chi connectivity index (χ3n) is 7.83. The van der Waals surface area contributed by atoms with E-state index in [1.54, 1.807) is 19.0 Å². The van der Waals surface area contributed by atoms with E-state index in [2.05, 4.69) is 45.1 Å². The number of hydrogen-bond donors (Lipinski definition) is 1. The molecule has 2 bridgehead atoms. The van der Waals surface area contributed by atoms with Crippen LogP contribution in [0.3, 0.4) is 0 Å². The second-order valence-corrected chi connectivity index (χ2v) is 9.78. The fraction of sp³-hybridized carbons (Fsp3) is 0.583. The number of aliphatic hydroxyl groups is 1. The Morgan fingerprint density at radius 1 is 1.06 bits per heavy atom. The van der Waals surface area contributed by atoms with Crippen molar-refractivity contribution in [3.63, 3.8) is 0 Å². The number of hydrogen-bond acceptors (Lipinski definition) is 4. The number of piperazine rings is 1. The standard InChI is InChI=1S/C24H33N5O2/c1-26(2)22(30)28-16-14-27(15-17-28)20-6-4-19(5-7-20)21-18-23(31)8-10-24(21,11-9-23)29-13-3-12-25-29/h3-7,12-13,21,31H,8-11,14-18H2,1-2H3. The topological polar surface area (TPSA) is 64.8 Å². The summed E-state index contributed by atoms with van der Waals surface area (Å²) in [5.74, 6) is 0.267. The van der Waals surface area contributed by atoms with Gasteiger partial charge in [0.1, 0.15) is 0 Å². The van der Waals surface area contributed by atoms with Crippen LogP contribution in [0, 0.1) is 0 Å². The lowest BCUT2D eigenvalue weighted by molar-refractivity contribution is -0.103. The van der Waals surface area contributed by atoms with Gasteiger partial charge in [0, 0.05) is 64.3 Å². The second-order valence-electron chi connectivity index (χ2n) is 9.78. The molecule has 4 aliphatic rings. The van der Waals surface area contributed by atoms with Crippen molar-refractivity contribution in [3.05, 3.63) is 48.3 Å². The van der Waals surface area contributed by atoms with Gasteiger partial charge in [0.25, 0.3) is 0 Å². The van der Waals surface area contributed by atoms with E-state index in [0.717, 1.165) is 58.3 Å². The van der Waals surface area contributed by atoms with Crippen LogP contribution in [0.2, 0.25) is 0 Å². The Labute approximate surface area is 184 Å². The van der Waals surface area contributed by atoms with Crippen molar-refractivity contribution in [2.45, 2.75) is 49.2 Å². The minimum Gasteiger partial charge on any atom is -0.390 e. The molecule has 1 saturated heterocycles. The minimum absolute atomic E-state index is 0.0341. The van der Waals surface area contributed by atoms with Gasteiger partial charge >= 0.3 is 6.03 Å². The van der Waals surface area contributed by atoms with Crippen molar-refractivity contribution < 1.29 is 9.90 Å². The molecule has 2 heterocycles. The van der Waals surface area contributed by atoms with Crippen molar-refractivity contribution in [2.24, 2.45) is 0 Å². The highest BCUT2D eigenvalue weighted by atomic mass is 16.3. The molecule has 1 N–H and O–H groups in total. The molecule has 31 heavy (non-hydrogen) atoms. The lowest BCUT2D eigenvalue weighted by Crippen LogP contribution is -2.55. The second kappa shape index (κ2) is 7.55. The summed E-state index contributed by atoms with van der Waals surface area (Å²) in [5.41, 5.74) is 1.92. The maximum Gasteiger partial charge on any atom is 0.319 e. The minimum atomic E-state index is -0.534. The lowest BCUT2D eigenvalue weighted by atomic mass is 9.56. The van der Waals surface area contributed by atoms with Crippen LogP contribution in [0.25, 0.3) is 0 Å². The normalized spacial score (nSPS) is 30.5. The number of carbonyl (C=O) groups is 1. The molecule has 1 unspecified atom stereocenters. The zero-order valence-corrected chi connectivity index (χ0v) is 18.6. The number of anilines is 1. The highest BCUT2D eigenvalue weighted by Gasteiger charge is 2.55. The fourth-order valence-electron chi connectivity index (χ4n) is 5.98. The van der Waals surface area contributed by atoms with Gasteiger partial charge in [-0.1, -0.05) is 12.1 Å². The summed E-state index contributed by atoms with van der Waals surface area (Å²) in [6.45, 7) is 3.19. The summed E-state index contributed by atoms with van der Waals surface area (Å²) in [6, 6.07) is 11.0. The first-order valence-electron chi connectivity index (χ1n) is 11.4. The monoisotopic (exact) mass is 423 g/mol. The van der Waals surface area contributed by atoms with E-state index in [9.17, 15) is 9.90 Å². The smallest absolute Gasteiger partial charge is 0.319 e. The molecule has 0 spiro atoms. The van der Waals surface area contributed by atoms with E-state index in [-0.39, 0.29) is 17.5 Å². The lowest BCUT2D eigenvalue weighted by Gasteiger charge is -2.56. The van der Waals surface area contributed by atoms with Crippen LogP contribution in [0.15, 0.2) is 42.7 Å². The molecule has 4 fully saturated rings. The molecule has 3 saturated carbocycles. The van der Waals surface area contributed by atoms with Crippen molar-refractivity contribution in [2.75, 3.05) is 45.2 Å². The molecule has 1 aromatic carbocycles. The zero-order valence-electron chi connectivity index (χ0n) is 18.6. The highest BCUT2D eigenvalue weighted by Crippen LogP contribution is 2.57. The maximum absolute atomic E-state index is 12.2. The summed E-state index contributed by atoms with van der Waals surface area (Å²) in [6.07, 6.45) is 8.42. The van der Waals surface area contributed by atoms with Gasteiger partial charge in [0.2, 0.25) is 0 Å². The van der Waals surface area contributed by atoms with E-state index in [1.807, 2.05) is 17.2 Å². The zero-order chi connectivity index (χ0) is 21.6. The molecule has 2 amide bonds. The van der Waals surface area contributed by atoms with Crippen molar-refractivity contribution in [3.8, 4) is 0 Å². The maximum atomic E-state index is 12.2. The molecule has 1 atom stereocenters. The average Bonchev–Trinajstić information content (AvgIpc) is 3.35. The average molecular weight is 424 g/mol. The molecule has 2 aromatic rings. The Bertz CT molecular complexity index is 908. The van der Waals surface area contributed by atoms with Crippen LogP contribution >= 0.6 is 0 Å². The number of fused-ring (bicyclic) bond motifs is 3. The molecule has 7 nitrogen and oxygen atoms in total. The SMILES string of the molecule is CN(C)C(=O)N1CCN(c2ccc(C3CC4(O)CCC3(n3cccn3)CC4)cc2)CC1. The van der Waals surface area contributed by atoms with Crippen molar-refractivity contribution in [1.82, 2.24) is 19.6 Å². The Balaban J connectivity index is 1.34. The largest absolute Gasteiger partial charge is 0.390 e. The van der Waals surface area contributed by atoms with E-state index in [1.165, 1.54) is 11.3 Å². The fourth-order valence-corrected chi connectivity index (χ4v) is 5.98. The van der Waals surface area contributed by atoms with Gasteiger partial charge in [-0.05, 0) is 55.9 Å². The van der Waals surface area contributed by atoms with Gasteiger partial charge in [-0.15, -0.1) is 0 Å². The van der Waals surface area contributed by atoms with Crippen LogP contribution in [0.5, 0.6) is 0 Å².